The lowest BCUT2D eigenvalue weighted by atomic mass is 10.1. The van der Waals surface area contributed by atoms with Gasteiger partial charge in [-0.1, -0.05) is 18.2 Å². The number of carbonyl (C=O) groups is 1. The minimum absolute atomic E-state index is 0.173. The summed E-state index contributed by atoms with van der Waals surface area (Å²) >= 11 is 0. The van der Waals surface area contributed by atoms with Crippen molar-refractivity contribution in [2.24, 2.45) is 7.05 Å². The molecule has 4 heteroatoms. The summed E-state index contributed by atoms with van der Waals surface area (Å²) in [6.07, 6.45) is 0.840. The average molecular weight is 246 g/mol. The van der Waals surface area contributed by atoms with Gasteiger partial charge in [0.25, 0.3) is 0 Å². The van der Waals surface area contributed by atoms with Crippen LogP contribution in [0, 0.1) is 0 Å². The van der Waals surface area contributed by atoms with E-state index in [-0.39, 0.29) is 5.78 Å². The largest absolute Gasteiger partial charge is 0.381 e. The number of carbonyl (C=O) groups excluding carboxylic acids is 1. The first-order valence-electron chi connectivity index (χ1n) is 6.22. The molecule has 2 rings (SSSR count). The van der Waals surface area contributed by atoms with Crippen molar-refractivity contribution in [3.05, 3.63) is 30.0 Å². The maximum absolute atomic E-state index is 11.8. The number of aryl methyl sites for hydroxylation is 1. The van der Waals surface area contributed by atoms with E-state index >= 15 is 0 Å². The van der Waals surface area contributed by atoms with Gasteiger partial charge < -0.3 is 4.74 Å². The highest BCUT2D eigenvalue weighted by molar-refractivity contribution is 5.88. The van der Waals surface area contributed by atoms with Crippen LogP contribution in [0.2, 0.25) is 0 Å². The number of benzene rings is 1. The Bertz CT molecular complexity index is 546. The summed E-state index contributed by atoms with van der Waals surface area (Å²) in [6.45, 7) is 3.08. The number of Topliss-reactive ketones (excluding diaryl/α,β-unsaturated/α-hetero) is 1. The summed E-state index contributed by atoms with van der Waals surface area (Å²) < 4.78 is 7.01. The lowest BCUT2D eigenvalue weighted by molar-refractivity contribution is -0.119. The topological polar surface area (TPSA) is 44.1 Å². The van der Waals surface area contributed by atoms with Crippen LogP contribution in [0.1, 0.15) is 19.0 Å². The Hall–Kier alpha value is -1.68. The number of ketones is 1. The maximum Gasteiger partial charge on any atom is 0.141 e. The third kappa shape index (κ3) is 2.76. The van der Waals surface area contributed by atoms with Crippen molar-refractivity contribution in [1.29, 1.82) is 0 Å². The quantitative estimate of drug-likeness (QED) is 0.733. The first-order valence-corrected chi connectivity index (χ1v) is 6.22. The van der Waals surface area contributed by atoms with E-state index in [2.05, 4.69) is 5.10 Å². The fourth-order valence-corrected chi connectivity index (χ4v) is 2.02. The van der Waals surface area contributed by atoms with Crippen LogP contribution < -0.4 is 0 Å². The van der Waals surface area contributed by atoms with Gasteiger partial charge in [0.2, 0.25) is 0 Å². The molecule has 0 fully saturated rings. The van der Waals surface area contributed by atoms with E-state index in [1.54, 1.807) is 0 Å². The molecule has 4 nitrogen and oxygen atoms in total. The fourth-order valence-electron chi connectivity index (χ4n) is 2.02. The first kappa shape index (κ1) is 12.8. The third-order valence-corrected chi connectivity index (χ3v) is 2.93. The summed E-state index contributed by atoms with van der Waals surface area (Å²) in [6, 6.07) is 7.97. The van der Waals surface area contributed by atoms with Crippen molar-refractivity contribution in [3.63, 3.8) is 0 Å². The van der Waals surface area contributed by atoms with Crippen molar-refractivity contribution < 1.29 is 9.53 Å². The Balaban J connectivity index is 2.10. The van der Waals surface area contributed by atoms with Crippen molar-refractivity contribution >= 4 is 16.7 Å². The van der Waals surface area contributed by atoms with Crippen molar-refractivity contribution in [2.75, 3.05) is 13.2 Å². The van der Waals surface area contributed by atoms with Gasteiger partial charge in [-0.2, -0.15) is 5.10 Å². The highest BCUT2D eigenvalue weighted by Gasteiger charge is 2.11. The molecule has 0 saturated heterocycles. The van der Waals surface area contributed by atoms with Crippen LogP contribution in [0.25, 0.3) is 10.9 Å². The maximum atomic E-state index is 11.8. The van der Waals surface area contributed by atoms with Gasteiger partial charge in [-0.05, 0) is 13.0 Å². The SMILES string of the molecule is CCOCCC(=O)Cc1nn(C)c2ccccc12. The Labute approximate surface area is 107 Å². The molecule has 0 spiro atoms. The molecule has 0 unspecified atom stereocenters. The predicted molar refractivity (Wildman–Crippen MR) is 70.5 cm³/mol. The monoisotopic (exact) mass is 246 g/mol. The summed E-state index contributed by atoms with van der Waals surface area (Å²) in [5, 5.41) is 5.47. The molecule has 2 aromatic rings. The molecule has 0 atom stereocenters. The number of hydrogen-bond acceptors (Lipinski definition) is 3. The van der Waals surface area contributed by atoms with E-state index in [1.165, 1.54) is 0 Å². The van der Waals surface area contributed by atoms with E-state index in [0.717, 1.165) is 16.6 Å². The number of ether oxygens (including phenoxy) is 1. The molecule has 0 aliphatic carbocycles. The minimum Gasteiger partial charge on any atom is -0.381 e. The first-order chi connectivity index (χ1) is 8.72. The van der Waals surface area contributed by atoms with Crippen LogP contribution in [-0.2, 0) is 23.0 Å². The Morgan fingerprint density at radius 3 is 2.94 bits per heavy atom. The van der Waals surface area contributed by atoms with Crippen molar-refractivity contribution in [3.8, 4) is 0 Å². The van der Waals surface area contributed by atoms with Gasteiger partial charge in [0.05, 0.1) is 24.2 Å². The zero-order valence-electron chi connectivity index (χ0n) is 10.8. The van der Waals surface area contributed by atoms with Gasteiger partial charge >= 0.3 is 0 Å². The van der Waals surface area contributed by atoms with Crippen LogP contribution in [-0.4, -0.2) is 28.8 Å². The van der Waals surface area contributed by atoms with Crippen LogP contribution in [0.3, 0.4) is 0 Å². The van der Waals surface area contributed by atoms with Gasteiger partial charge in [0.15, 0.2) is 0 Å². The van der Waals surface area contributed by atoms with Crippen molar-refractivity contribution in [1.82, 2.24) is 9.78 Å². The van der Waals surface area contributed by atoms with Gasteiger partial charge in [0, 0.05) is 25.5 Å². The number of aromatic nitrogens is 2. The second-order valence-corrected chi connectivity index (χ2v) is 4.25. The molecular formula is C14H18N2O2. The number of hydrogen-bond donors (Lipinski definition) is 0. The standard InChI is InChI=1S/C14H18N2O2/c1-3-18-9-8-11(17)10-13-12-6-4-5-7-14(12)16(2)15-13/h4-7H,3,8-10H2,1-2H3. The molecule has 18 heavy (non-hydrogen) atoms. The zero-order chi connectivity index (χ0) is 13.0. The normalized spacial score (nSPS) is 11.0. The van der Waals surface area contributed by atoms with Gasteiger partial charge in [-0.15, -0.1) is 0 Å². The van der Waals surface area contributed by atoms with E-state index in [9.17, 15) is 4.79 Å². The smallest absolute Gasteiger partial charge is 0.141 e. The van der Waals surface area contributed by atoms with Crippen LogP contribution in [0.4, 0.5) is 0 Å². The van der Waals surface area contributed by atoms with E-state index in [4.69, 9.17) is 4.74 Å². The molecule has 0 saturated carbocycles. The molecule has 0 amide bonds. The molecular weight excluding hydrogens is 228 g/mol. The second kappa shape index (κ2) is 5.78. The fraction of sp³-hybridized carbons (Fsp3) is 0.429. The molecule has 96 valence electrons. The molecule has 1 aromatic heterocycles. The highest BCUT2D eigenvalue weighted by Crippen LogP contribution is 2.18. The summed E-state index contributed by atoms with van der Waals surface area (Å²) in [7, 11) is 1.90. The second-order valence-electron chi connectivity index (χ2n) is 4.25. The van der Waals surface area contributed by atoms with Crippen molar-refractivity contribution in [2.45, 2.75) is 19.8 Å². The van der Waals surface area contributed by atoms with E-state index in [1.807, 2.05) is 42.9 Å². The van der Waals surface area contributed by atoms with E-state index in [0.29, 0.717) is 26.1 Å². The van der Waals surface area contributed by atoms with Gasteiger partial charge in [0.1, 0.15) is 5.78 Å². The number of fused-ring (bicyclic) bond motifs is 1. The van der Waals surface area contributed by atoms with E-state index < -0.39 is 0 Å². The Morgan fingerprint density at radius 1 is 1.39 bits per heavy atom. The number of para-hydroxylation sites is 1. The molecule has 0 aliphatic rings. The predicted octanol–water partition coefficient (Wildman–Crippen LogP) is 2.11. The molecule has 1 aromatic carbocycles. The molecule has 0 radical (unpaired) electrons. The molecule has 1 heterocycles. The summed E-state index contributed by atoms with van der Waals surface area (Å²) in [4.78, 5) is 11.8. The van der Waals surface area contributed by atoms with Gasteiger partial charge in [-0.3, -0.25) is 9.48 Å². The summed E-state index contributed by atoms with van der Waals surface area (Å²) in [5.74, 6) is 0.173. The average Bonchev–Trinajstić information content (AvgIpc) is 2.67. The lowest BCUT2D eigenvalue weighted by Gasteiger charge is -2.00. The minimum atomic E-state index is 0.173. The molecule has 0 aliphatic heterocycles. The van der Waals surface area contributed by atoms with Crippen LogP contribution >= 0.6 is 0 Å². The third-order valence-electron chi connectivity index (χ3n) is 2.93. The number of rotatable bonds is 6. The Morgan fingerprint density at radius 2 is 2.17 bits per heavy atom. The van der Waals surface area contributed by atoms with Crippen LogP contribution in [0.15, 0.2) is 24.3 Å². The highest BCUT2D eigenvalue weighted by atomic mass is 16.5. The van der Waals surface area contributed by atoms with Gasteiger partial charge in [-0.25, -0.2) is 0 Å². The zero-order valence-corrected chi connectivity index (χ0v) is 10.8. The number of nitrogens with zero attached hydrogens (tertiary/aromatic N) is 2. The summed E-state index contributed by atoms with van der Waals surface area (Å²) in [5.41, 5.74) is 1.92. The van der Waals surface area contributed by atoms with Crippen LogP contribution in [0.5, 0.6) is 0 Å². The molecule has 0 bridgehead atoms. The Kier molecular flexibility index (Phi) is 4.10. The lowest BCUT2D eigenvalue weighted by Crippen LogP contribution is -2.08. The molecule has 0 N–H and O–H groups in total.